The lowest BCUT2D eigenvalue weighted by Crippen LogP contribution is -2.38. The van der Waals surface area contributed by atoms with Crippen LogP contribution in [0.4, 0.5) is 11.6 Å². The van der Waals surface area contributed by atoms with E-state index in [1.807, 2.05) is 47.9 Å². The summed E-state index contributed by atoms with van der Waals surface area (Å²) >= 11 is 1.36. The summed E-state index contributed by atoms with van der Waals surface area (Å²) in [5.74, 6) is 1.44. The van der Waals surface area contributed by atoms with Crippen molar-refractivity contribution in [3.63, 3.8) is 0 Å². The SMILES string of the molecule is CCn1c(SCC(=O)Nc2cc3oc4ccccc4c3cc2OC)nnc1N1CCOCC1. The van der Waals surface area contributed by atoms with E-state index in [-0.39, 0.29) is 11.7 Å². The number of para-hydroxylation sites is 1. The summed E-state index contributed by atoms with van der Waals surface area (Å²) in [5.41, 5.74) is 2.06. The van der Waals surface area contributed by atoms with Crippen LogP contribution in [0.5, 0.6) is 5.75 Å². The molecule has 0 aliphatic carbocycles. The van der Waals surface area contributed by atoms with Gasteiger partial charge in [-0.05, 0) is 19.1 Å². The number of carbonyl (C=O) groups excluding carboxylic acids is 1. The van der Waals surface area contributed by atoms with Crippen LogP contribution in [0, 0.1) is 0 Å². The van der Waals surface area contributed by atoms with Gasteiger partial charge in [-0.2, -0.15) is 0 Å². The Morgan fingerprint density at radius 1 is 1.15 bits per heavy atom. The number of fused-ring (bicyclic) bond motifs is 3. The fourth-order valence-corrected chi connectivity index (χ4v) is 4.79. The van der Waals surface area contributed by atoms with E-state index in [4.69, 9.17) is 13.9 Å². The topological polar surface area (TPSA) is 94.7 Å². The number of hydrogen-bond donors (Lipinski definition) is 1. The van der Waals surface area contributed by atoms with Gasteiger partial charge in [0.05, 0.1) is 31.8 Å². The smallest absolute Gasteiger partial charge is 0.234 e. The molecule has 1 amide bonds. The molecule has 3 heterocycles. The molecule has 2 aromatic heterocycles. The monoisotopic (exact) mass is 467 g/mol. The second-order valence-electron chi connectivity index (χ2n) is 7.61. The fraction of sp³-hybridized carbons (Fsp3) is 0.348. The lowest BCUT2D eigenvalue weighted by atomic mass is 10.1. The summed E-state index contributed by atoms with van der Waals surface area (Å²) in [6.07, 6.45) is 0. The molecule has 33 heavy (non-hydrogen) atoms. The van der Waals surface area contributed by atoms with Crippen LogP contribution >= 0.6 is 11.8 Å². The van der Waals surface area contributed by atoms with E-state index in [0.717, 1.165) is 41.9 Å². The molecule has 0 saturated carbocycles. The van der Waals surface area contributed by atoms with Gasteiger partial charge in [-0.25, -0.2) is 0 Å². The van der Waals surface area contributed by atoms with E-state index in [9.17, 15) is 4.79 Å². The van der Waals surface area contributed by atoms with Gasteiger partial charge in [0.2, 0.25) is 11.9 Å². The van der Waals surface area contributed by atoms with Gasteiger partial charge < -0.3 is 24.1 Å². The molecule has 1 N–H and O–H groups in total. The Kier molecular flexibility index (Phi) is 6.10. The number of nitrogens with zero attached hydrogens (tertiary/aromatic N) is 4. The summed E-state index contributed by atoms with van der Waals surface area (Å²) < 4.78 is 18.9. The van der Waals surface area contributed by atoms with Gasteiger partial charge in [-0.3, -0.25) is 9.36 Å². The molecule has 4 aromatic rings. The van der Waals surface area contributed by atoms with Crippen molar-refractivity contribution in [1.82, 2.24) is 14.8 Å². The molecule has 1 aliphatic rings. The first-order valence-corrected chi connectivity index (χ1v) is 11.8. The lowest BCUT2D eigenvalue weighted by molar-refractivity contribution is -0.113. The fourth-order valence-electron chi connectivity index (χ4n) is 4.00. The van der Waals surface area contributed by atoms with Gasteiger partial charge in [-0.15, -0.1) is 10.2 Å². The summed E-state index contributed by atoms with van der Waals surface area (Å²) in [7, 11) is 1.59. The summed E-state index contributed by atoms with van der Waals surface area (Å²) in [6.45, 7) is 5.70. The van der Waals surface area contributed by atoms with Crippen LogP contribution in [-0.2, 0) is 16.1 Å². The Balaban J connectivity index is 1.31. The molecule has 172 valence electrons. The number of amides is 1. The van der Waals surface area contributed by atoms with Crippen LogP contribution in [0.2, 0.25) is 0 Å². The zero-order valence-electron chi connectivity index (χ0n) is 18.5. The molecule has 9 nitrogen and oxygen atoms in total. The maximum Gasteiger partial charge on any atom is 0.234 e. The van der Waals surface area contributed by atoms with Crippen LogP contribution in [0.25, 0.3) is 21.9 Å². The molecular weight excluding hydrogens is 442 g/mol. The maximum absolute atomic E-state index is 12.8. The Hall–Kier alpha value is -3.24. The van der Waals surface area contributed by atoms with E-state index < -0.39 is 0 Å². The third-order valence-electron chi connectivity index (χ3n) is 5.61. The predicted octanol–water partition coefficient (Wildman–Crippen LogP) is 3.77. The Morgan fingerprint density at radius 2 is 1.97 bits per heavy atom. The first kappa shape index (κ1) is 21.6. The van der Waals surface area contributed by atoms with Crippen molar-refractivity contribution < 1.29 is 18.7 Å². The van der Waals surface area contributed by atoms with E-state index in [1.54, 1.807) is 7.11 Å². The number of benzene rings is 2. The largest absolute Gasteiger partial charge is 0.495 e. The highest BCUT2D eigenvalue weighted by atomic mass is 32.2. The van der Waals surface area contributed by atoms with Gasteiger partial charge in [-0.1, -0.05) is 30.0 Å². The number of ether oxygens (including phenoxy) is 2. The number of rotatable bonds is 7. The first-order valence-electron chi connectivity index (χ1n) is 10.9. The molecule has 0 bridgehead atoms. The molecule has 0 spiro atoms. The maximum atomic E-state index is 12.8. The normalized spacial score (nSPS) is 14.2. The molecule has 5 rings (SSSR count). The minimum atomic E-state index is -0.160. The molecule has 1 aliphatic heterocycles. The Morgan fingerprint density at radius 3 is 2.76 bits per heavy atom. The quantitative estimate of drug-likeness (QED) is 0.411. The third-order valence-corrected chi connectivity index (χ3v) is 6.58. The van der Waals surface area contributed by atoms with Crippen LogP contribution in [-0.4, -0.2) is 59.8 Å². The van der Waals surface area contributed by atoms with Crippen LogP contribution in [0.15, 0.2) is 46.0 Å². The van der Waals surface area contributed by atoms with E-state index in [2.05, 4.69) is 20.4 Å². The zero-order chi connectivity index (χ0) is 22.8. The molecule has 2 aromatic carbocycles. The summed E-state index contributed by atoms with van der Waals surface area (Å²) in [4.78, 5) is 14.9. The second kappa shape index (κ2) is 9.32. The highest BCUT2D eigenvalue weighted by Crippen LogP contribution is 2.36. The van der Waals surface area contributed by atoms with Gasteiger partial charge in [0.25, 0.3) is 0 Å². The number of carbonyl (C=O) groups is 1. The van der Waals surface area contributed by atoms with E-state index in [0.29, 0.717) is 35.4 Å². The van der Waals surface area contributed by atoms with Crippen molar-refractivity contribution in [3.05, 3.63) is 36.4 Å². The third kappa shape index (κ3) is 4.23. The highest BCUT2D eigenvalue weighted by molar-refractivity contribution is 7.99. The molecule has 1 fully saturated rings. The second-order valence-corrected chi connectivity index (χ2v) is 8.55. The first-order chi connectivity index (χ1) is 16.2. The molecule has 0 atom stereocenters. The summed E-state index contributed by atoms with van der Waals surface area (Å²) in [6, 6.07) is 11.5. The van der Waals surface area contributed by atoms with Gasteiger partial charge in [0.15, 0.2) is 5.16 Å². The van der Waals surface area contributed by atoms with Crippen molar-refractivity contribution in [1.29, 1.82) is 0 Å². The number of thioether (sulfide) groups is 1. The zero-order valence-corrected chi connectivity index (χ0v) is 19.4. The standard InChI is InChI=1S/C23H25N5O4S/c1-3-28-22(27-8-10-31-11-9-27)25-26-23(28)33-14-21(29)24-17-13-19-16(12-20(17)30-2)15-6-4-5-7-18(15)32-19/h4-7,12-13H,3,8-11,14H2,1-2H3,(H,24,29). The average Bonchev–Trinajstić information content (AvgIpc) is 3.43. The number of hydrogen-bond acceptors (Lipinski definition) is 8. The van der Waals surface area contributed by atoms with Crippen molar-refractivity contribution >= 4 is 51.2 Å². The molecular formula is C23H25N5O4S. The number of methoxy groups -OCH3 is 1. The molecule has 0 unspecified atom stereocenters. The van der Waals surface area contributed by atoms with E-state index in [1.165, 1.54) is 11.8 Å². The van der Waals surface area contributed by atoms with Gasteiger partial charge in [0.1, 0.15) is 16.9 Å². The van der Waals surface area contributed by atoms with E-state index >= 15 is 0 Å². The van der Waals surface area contributed by atoms with Crippen molar-refractivity contribution in [2.24, 2.45) is 0 Å². The van der Waals surface area contributed by atoms with Crippen molar-refractivity contribution in [3.8, 4) is 5.75 Å². The average molecular weight is 468 g/mol. The van der Waals surface area contributed by atoms with Crippen LogP contribution < -0.4 is 15.0 Å². The minimum absolute atomic E-state index is 0.160. The minimum Gasteiger partial charge on any atom is -0.495 e. The number of anilines is 2. The van der Waals surface area contributed by atoms with Gasteiger partial charge >= 0.3 is 0 Å². The number of morpholine rings is 1. The number of furan rings is 1. The molecule has 0 radical (unpaired) electrons. The number of aromatic nitrogens is 3. The van der Waals surface area contributed by atoms with Crippen LogP contribution in [0.3, 0.4) is 0 Å². The lowest BCUT2D eigenvalue weighted by Gasteiger charge is -2.27. The molecule has 1 saturated heterocycles. The van der Waals surface area contributed by atoms with Gasteiger partial charge in [0, 0.05) is 36.5 Å². The van der Waals surface area contributed by atoms with Crippen molar-refractivity contribution in [2.45, 2.75) is 18.6 Å². The van der Waals surface area contributed by atoms with Crippen LogP contribution in [0.1, 0.15) is 6.92 Å². The highest BCUT2D eigenvalue weighted by Gasteiger charge is 2.21. The summed E-state index contributed by atoms with van der Waals surface area (Å²) in [5, 5.41) is 14.3. The van der Waals surface area contributed by atoms with Crippen molar-refractivity contribution in [2.75, 3.05) is 49.4 Å². The predicted molar refractivity (Wildman–Crippen MR) is 128 cm³/mol. The molecule has 10 heteroatoms. The Bertz CT molecular complexity index is 1290. The number of nitrogens with one attached hydrogen (secondary N) is 1. The Labute approximate surface area is 195 Å².